The average Bonchev–Trinajstić information content (AvgIpc) is 3.29. The molecule has 0 radical (unpaired) electrons. The zero-order valence-electron chi connectivity index (χ0n) is 19.3. The number of hydrogen-bond acceptors (Lipinski definition) is 7. The zero-order chi connectivity index (χ0) is 22.7. The van der Waals surface area contributed by atoms with E-state index in [1.54, 1.807) is 15.8 Å². The monoisotopic (exact) mass is 492 g/mol. The molecule has 1 aliphatic carbocycles. The molecule has 0 unspecified atom stereocenters. The first kappa shape index (κ1) is 23.4. The molecule has 10 heteroatoms. The van der Waals surface area contributed by atoms with Crippen LogP contribution in [0.2, 0.25) is 0 Å². The van der Waals surface area contributed by atoms with Gasteiger partial charge in [0, 0.05) is 63.8 Å². The Morgan fingerprint density at radius 2 is 1.73 bits per heavy atom. The van der Waals surface area contributed by atoms with Crippen molar-refractivity contribution in [3.63, 3.8) is 0 Å². The lowest BCUT2D eigenvalue weighted by atomic mass is 9.84. The highest BCUT2D eigenvalue weighted by Crippen LogP contribution is 2.31. The molecule has 2 aliphatic heterocycles. The van der Waals surface area contributed by atoms with E-state index in [-0.39, 0.29) is 6.04 Å². The maximum atomic E-state index is 12.6. The SMILES string of the molecule is O=S(=O)(NC1CCC(CCN2CCN(c3nsc4ccccc34)CC2)CC1)N1CCNCC1. The predicted molar refractivity (Wildman–Crippen MR) is 135 cm³/mol. The van der Waals surface area contributed by atoms with Gasteiger partial charge in [0.05, 0.1) is 4.70 Å². The second-order valence-electron chi connectivity index (χ2n) is 9.61. The molecular weight excluding hydrogens is 456 g/mol. The normalized spacial score (nSPS) is 26.1. The topological polar surface area (TPSA) is 80.8 Å². The van der Waals surface area contributed by atoms with Crippen LogP contribution in [0.1, 0.15) is 32.1 Å². The van der Waals surface area contributed by atoms with Gasteiger partial charge >= 0.3 is 0 Å². The minimum Gasteiger partial charge on any atom is -0.353 e. The largest absolute Gasteiger partial charge is 0.353 e. The Morgan fingerprint density at radius 3 is 2.48 bits per heavy atom. The van der Waals surface area contributed by atoms with Crippen LogP contribution < -0.4 is 14.9 Å². The number of fused-ring (bicyclic) bond motifs is 1. The van der Waals surface area contributed by atoms with Crippen LogP contribution in [0.15, 0.2) is 24.3 Å². The highest BCUT2D eigenvalue weighted by atomic mass is 32.2. The molecular formula is C23H36N6O2S2. The summed E-state index contributed by atoms with van der Waals surface area (Å²) in [5.74, 6) is 1.86. The van der Waals surface area contributed by atoms with E-state index in [2.05, 4.69) is 44.1 Å². The van der Waals surface area contributed by atoms with Crippen LogP contribution in [-0.2, 0) is 10.2 Å². The molecule has 2 saturated heterocycles. The van der Waals surface area contributed by atoms with Crippen molar-refractivity contribution in [3.8, 4) is 0 Å². The highest BCUT2D eigenvalue weighted by Gasteiger charge is 2.29. The van der Waals surface area contributed by atoms with Crippen LogP contribution in [0, 0.1) is 5.92 Å². The number of hydrogen-bond donors (Lipinski definition) is 2. The smallest absolute Gasteiger partial charge is 0.279 e. The Kier molecular flexibility index (Phi) is 7.48. The van der Waals surface area contributed by atoms with Gasteiger partial charge < -0.3 is 10.2 Å². The van der Waals surface area contributed by atoms with Crippen LogP contribution in [0.4, 0.5) is 5.82 Å². The molecule has 5 rings (SSSR count). The molecule has 2 N–H and O–H groups in total. The van der Waals surface area contributed by atoms with Gasteiger partial charge in [-0.1, -0.05) is 12.1 Å². The van der Waals surface area contributed by atoms with Crippen LogP contribution >= 0.6 is 11.5 Å². The number of aromatic nitrogens is 1. The van der Waals surface area contributed by atoms with Crippen LogP contribution in [-0.4, -0.2) is 86.9 Å². The van der Waals surface area contributed by atoms with Crippen molar-refractivity contribution in [1.29, 1.82) is 0 Å². The fourth-order valence-corrected chi connectivity index (χ4v) is 7.65. The van der Waals surface area contributed by atoms with E-state index in [1.807, 2.05) is 0 Å². The van der Waals surface area contributed by atoms with E-state index >= 15 is 0 Å². The minimum absolute atomic E-state index is 0.0950. The summed E-state index contributed by atoms with van der Waals surface area (Å²) in [5.41, 5.74) is 0. The summed E-state index contributed by atoms with van der Waals surface area (Å²) in [7, 11) is -3.34. The van der Waals surface area contributed by atoms with Crippen molar-refractivity contribution in [2.45, 2.75) is 38.1 Å². The van der Waals surface area contributed by atoms with Gasteiger partial charge in [0.1, 0.15) is 5.82 Å². The first-order chi connectivity index (χ1) is 16.1. The van der Waals surface area contributed by atoms with E-state index in [0.717, 1.165) is 77.3 Å². The number of rotatable bonds is 7. The molecule has 0 atom stereocenters. The van der Waals surface area contributed by atoms with Crippen molar-refractivity contribution in [1.82, 2.24) is 23.6 Å². The Morgan fingerprint density at radius 1 is 1.00 bits per heavy atom. The lowest BCUT2D eigenvalue weighted by molar-refractivity contribution is 0.214. The second kappa shape index (κ2) is 10.5. The molecule has 182 valence electrons. The van der Waals surface area contributed by atoms with E-state index < -0.39 is 10.2 Å². The van der Waals surface area contributed by atoms with E-state index in [1.165, 1.54) is 16.5 Å². The van der Waals surface area contributed by atoms with Gasteiger partial charge in [-0.25, -0.2) is 0 Å². The molecule has 1 aromatic carbocycles. The number of benzene rings is 1. The van der Waals surface area contributed by atoms with Gasteiger partial charge in [-0.2, -0.15) is 21.8 Å². The predicted octanol–water partition coefficient (Wildman–Crippen LogP) is 2.11. The van der Waals surface area contributed by atoms with Crippen LogP contribution in [0.25, 0.3) is 10.1 Å². The lowest BCUT2D eigenvalue weighted by Gasteiger charge is -2.36. The number of piperazine rings is 2. The van der Waals surface area contributed by atoms with Crippen molar-refractivity contribution >= 4 is 37.6 Å². The molecule has 0 amide bonds. The maximum absolute atomic E-state index is 12.6. The number of nitrogens with zero attached hydrogens (tertiary/aromatic N) is 4. The maximum Gasteiger partial charge on any atom is 0.279 e. The van der Waals surface area contributed by atoms with Crippen molar-refractivity contribution < 1.29 is 8.42 Å². The minimum atomic E-state index is -3.34. The molecule has 0 bridgehead atoms. The Labute approximate surface area is 201 Å². The zero-order valence-corrected chi connectivity index (χ0v) is 20.9. The van der Waals surface area contributed by atoms with E-state index in [4.69, 9.17) is 4.37 Å². The van der Waals surface area contributed by atoms with Gasteiger partial charge in [0.15, 0.2) is 0 Å². The molecule has 3 heterocycles. The standard InChI is InChI=1S/C23H36N6O2S2/c30-33(31,29-13-10-24-11-14-29)26-20-7-5-19(6-8-20)9-12-27-15-17-28(18-16-27)23-21-3-1-2-4-22(21)32-25-23/h1-4,19-20,24,26H,5-18H2. The van der Waals surface area contributed by atoms with Crippen LogP contribution in [0.3, 0.4) is 0 Å². The second-order valence-corrected chi connectivity index (χ2v) is 12.1. The third-order valence-corrected chi connectivity index (χ3v) is 9.96. The fourth-order valence-electron chi connectivity index (χ4n) is 5.39. The van der Waals surface area contributed by atoms with Gasteiger partial charge in [-0.15, -0.1) is 0 Å². The Balaban J connectivity index is 1.02. The summed E-state index contributed by atoms with van der Waals surface area (Å²) in [6.07, 6.45) is 5.39. The summed E-state index contributed by atoms with van der Waals surface area (Å²) < 4.78 is 35.8. The molecule has 8 nitrogen and oxygen atoms in total. The molecule has 1 saturated carbocycles. The number of anilines is 1. The first-order valence-corrected chi connectivity index (χ1v) is 14.6. The molecule has 2 aromatic rings. The van der Waals surface area contributed by atoms with Crippen LogP contribution in [0.5, 0.6) is 0 Å². The van der Waals surface area contributed by atoms with E-state index in [0.29, 0.717) is 19.0 Å². The molecule has 1 aromatic heterocycles. The first-order valence-electron chi connectivity index (χ1n) is 12.4. The summed E-state index contributed by atoms with van der Waals surface area (Å²) >= 11 is 1.60. The quantitative estimate of drug-likeness (QED) is 0.616. The van der Waals surface area contributed by atoms with Gasteiger partial charge in [-0.3, -0.25) is 4.90 Å². The van der Waals surface area contributed by atoms with Crippen molar-refractivity contribution in [2.75, 3.05) is 63.8 Å². The third kappa shape index (κ3) is 5.68. The summed E-state index contributed by atoms with van der Waals surface area (Å²) in [6.45, 7) is 8.01. The average molecular weight is 493 g/mol. The van der Waals surface area contributed by atoms with Crippen molar-refractivity contribution in [3.05, 3.63) is 24.3 Å². The summed E-state index contributed by atoms with van der Waals surface area (Å²) in [5, 5.41) is 4.49. The summed E-state index contributed by atoms with van der Waals surface area (Å²) in [6, 6.07) is 8.61. The van der Waals surface area contributed by atoms with Gasteiger partial charge in [0.25, 0.3) is 10.2 Å². The fraction of sp³-hybridized carbons (Fsp3) is 0.696. The highest BCUT2D eigenvalue weighted by molar-refractivity contribution is 7.87. The Hall–Kier alpha value is -1.30. The van der Waals surface area contributed by atoms with Crippen molar-refractivity contribution in [2.24, 2.45) is 5.92 Å². The Bertz CT molecular complexity index is 1010. The van der Waals surface area contributed by atoms with E-state index in [9.17, 15) is 8.42 Å². The molecule has 0 spiro atoms. The van der Waals surface area contributed by atoms with Gasteiger partial charge in [0.2, 0.25) is 0 Å². The number of nitrogens with one attached hydrogen (secondary N) is 2. The van der Waals surface area contributed by atoms with Gasteiger partial charge in [-0.05, 0) is 68.2 Å². The molecule has 3 aliphatic rings. The molecule has 33 heavy (non-hydrogen) atoms. The third-order valence-electron chi connectivity index (χ3n) is 7.46. The summed E-state index contributed by atoms with van der Waals surface area (Å²) in [4.78, 5) is 5.02. The lowest BCUT2D eigenvalue weighted by Crippen LogP contribution is -2.52. The molecule has 3 fully saturated rings.